The topological polar surface area (TPSA) is 92.8 Å². The Balaban J connectivity index is 1.50. The highest BCUT2D eigenvalue weighted by atomic mass is 32.2. The average Bonchev–Trinajstić information content (AvgIpc) is 3.16. The predicted molar refractivity (Wildman–Crippen MR) is 130 cm³/mol. The summed E-state index contributed by atoms with van der Waals surface area (Å²) in [7, 11) is -3.70. The maximum atomic E-state index is 13.2. The number of ether oxygens (including phenoxy) is 1. The van der Waals surface area contributed by atoms with Crippen LogP contribution in [-0.4, -0.2) is 32.9 Å². The fraction of sp³-hybridized carbons (Fsp3) is 0.231. The number of carbonyl (C=O) groups is 2. The molecule has 0 saturated heterocycles. The molecule has 7 nitrogen and oxygen atoms in total. The molecule has 0 spiro atoms. The van der Waals surface area contributed by atoms with Gasteiger partial charge in [-0.1, -0.05) is 30.3 Å². The number of nitrogens with one attached hydrogen (secondary N) is 1. The number of carbonyl (C=O) groups excluding carboxylic acids is 2. The molecule has 1 N–H and O–H groups in total. The quantitative estimate of drug-likeness (QED) is 0.514. The predicted octanol–water partition coefficient (Wildman–Crippen LogP) is 4.18. The third-order valence-corrected chi connectivity index (χ3v) is 7.60. The lowest BCUT2D eigenvalue weighted by Crippen LogP contribution is -2.35. The highest BCUT2D eigenvalue weighted by Crippen LogP contribution is 2.37. The minimum absolute atomic E-state index is 0.174. The van der Waals surface area contributed by atoms with Gasteiger partial charge in [0.2, 0.25) is 0 Å². The van der Waals surface area contributed by atoms with Gasteiger partial charge in [-0.15, -0.1) is 0 Å². The van der Waals surface area contributed by atoms with Crippen molar-refractivity contribution in [2.45, 2.75) is 37.6 Å². The summed E-state index contributed by atoms with van der Waals surface area (Å²) in [4.78, 5) is 24.7. The van der Waals surface area contributed by atoms with E-state index in [2.05, 4.69) is 5.32 Å². The molecule has 176 valence electrons. The van der Waals surface area contributed by atoms with Gasteiger partial charge in [-0.3, -0.25) is 13.9 Å². The normalized spacial score (nSPS) is 15.0. The molecule has 1 aliphatic heterocycles. The van der Waals surface area contributed by atoms with Gasteiger partial charge >= 0.3 is 5.97 Å². The van der Waals surface area contributed by atoms with Gasteiger partial charge < -0.3 is 10.1 Å². The van der Waals surface area contributed by atoms with Crippen molar-refractivity contribution in [1.29, 1.82) is 0 Å². The van der Waals surface area contributed by atoms with E-state index in [1.165, 1.54) is 4.31 Å². The van der Waals surface area contributed by atoms with Crippen LogP contribution < -0.4 is 9.62 Å². The summed E-state index contributed by atoms with van der Waals surface area (Å²) < 4.78 is 32.8. The third kappa shape index (κ3) is 4.82. The maximum absolute atomic E-state index is 13.2. The molecule has 8 heteroatoms. The van der Waals surface area contributed by atoms with Crippen molar-refractivity contribution in [3.05, 3.63) is 89.5 Å². The Labute approximate surface area is 199 Å². The van der Waals surface area contributed by atoms with Crippen LogP contribution >= 0.6 is 0 Å². The number of anilines is 2. The van der Waals surface area contributed by atoms with Crippen LogP contribution in [0, 0.1) is 0 Å². The molecule has 0 aliphatic carbocycles. The number of rotatable bonds is 7. The number of esters is 1. The second-order valence-corrected chi connectivity index (χ2v) is 9.96. The molecule has 1 aliphatic rings. The van der Waals surface area contributed by atoms with Crippen LogP contribution in [-0.2, 0) is 32.4 Å². The Morgan fingerprint density at radius 2 is 1.74 bits per heavy atom. The smallest absolute Gasteiger partial charge is 0.310 e. The van der Waals surface area contributed by atoms with Gasteiger partial charge in [0.05, 0.1) is 23.6 Å². The zero-order valence-corrected chi connectivity index (χ0v) is 19.8. The Morgan fingerprint density at radius 1 is 1.03 bits per heavy atom. The molecule has 3 aromatic carbocycles. The van der Waals surface area contributed by atoms with Crippen molar-refractivity contribution in [3.8, 4) is 0 Å². The Morgan fingerprint density at radius 3 is 2.41 bits per heavy atom. The van der Waals surface area contributed by atoms with Crippen molar-refractivity contribution in [1.82, 2.24) is 0 Å². The molecule has 0 saturated carbocycles. The lowest BCUT2D eigenvalue weighted by molar-refractivity contribution is -0.142. The summed E-state index contributed by atoms with van der Waals surface area (Å²) in [6.45, 7) is 3.95. The van der Waals surface area contributed by atoms with Crippen molar-refractivity contribution in [3.63, 3.8) is 0 Å². The number of hydrogen-bond acceptors (Lipinski definition) is 5. The van der Waals surface area contributed by atoms with Gasteiger partial charge in [0.25, 0.3) is 15.9 Å². The van der Waals surface area contributed by atoms with Gasteiger partial charge in [0.1, 0.15) is 0 Å². The molecule has 0 unspecified atom stereocenters. The molecule has 3 aromatic rings. The maximum Gasteiger partial charge on any atom is 0.310 e. The summed E-state index contributed by atoms with van der Waals surface area (Å²) in [5, 5.41) is 2.85. The zero-order chi connectivity index (χ0) is 24.3. The second kappa shape index (κ2) is 9.69. The number of sulfonamides is 1. The largest absolute Gasteiger partial charge is 0.466 e. The van der Waals surface area contributed by atoms with Crippen molar-refractivity contribution in [2.75, 3.05) is 16.2 Å². The summed E-state index contributed by atoms with van der Waals surface area (Å²) in [5.41, 5.74) is 3.24. The first kappa shape index (κ1) is 23.5. The SMILES string of the molecule is CCOC(=O)Cc1ccc(NC(=O)c2ccc3c(c2)C[C@@H](C)N3S(=O)(=O)c2ccccc2)cc1. The molecule has 1 amide bonds. The second-order valence-electron chi connectivity index (χ2n) is 8.14. The van der Waals surface area contributed by atoms with Gasteiger partial charge in [-0.25, -0.2) is 8.42 Å². The summed E-state index contributed by atoms with van der Waals surface area (Å²) >= 11 is 0. The van der Waals surface area contributed by atoms with Crippen LogP contribution in [0.25, 0.3) is 0 Å². The molecule has 0 bridgehead atoms. The number of fused-ring (bicyclic) bond motifs is 1. The Kier molecular flexibility index (Phi) is 6.70. The van der Waals surface area contributed by atoms with E-state index in [4.69, 9.17) is 4.74 Å². The molecule has 1 atom stereocenters. The molecule has 0 fully saturated rings. The van der Waals surface area contributed by atoms with E-state index in [1.54, 1.807) is 79.7 Å². The fourth-order valence-corrected chi connectivity index (χ4v) is 5.82. The first-order valence-electron chi connectivity index (χ1n) is 11.1. The molecule has 0 radical (unpaired) electrons. The van der Waals surface area contributed by atoms with Gasteiger partial charge in [-0.2, -0.15) is 0 Å². The highest BCUT2D eigenvalue weighted by molar-refractivity contribution is 7.92. The van der Waals surface area contributed by atoms with Crippen molar-refractivity contribution >= 4 is 33.3 Å². The first-order valence-corrected chi connectivity index (χ1v) is 12.5. The Hall–Kier alpha value is -3.65. The summed E-state index contributed by atoms with van der Waals surface area (Å²) in [5.74, 6) is -0.590. The molecule has 1 heterocycles. The van der Waals surface area contributed by atoms with E-state index in [-0.39, 0.29) is 29.2 Å². The van der Waals surface area contributed by atoms with Crippen LogP contribution in [0.5, 0.6) is 0 Å². The minimum Gasteiger partial charge on any atom is -0.466 e. The average molecular weight is 479 g/mol. The monoisotopic (exact) mass is 478 g/mol. The minimum atomic E-state index is -3.70. The van der Waals surface area contributed by atoms with Gasteiger partial charge in [-0.05, 0) is 73.9 Å². The first-order chi connectivity index (χ1) is 16.3. The number of benzene rings is 3. The van der Waals surface area contributed by atoms with E-state index in [0.717, 1.165) is 11.1 Å². The fourth-order valence-electron chi connectivity index (χ4n) is 4.10. The van der Waals surface area contributed by atoms with Crippen LogP contribution in [0.4, 0.5) is 11.4 Å². The standard InChI is InChI=1S/C26H26N2O5S/c1-3-33-25(29)16-19-9-12-22(13-10-19)27-26(30)20-11-14-24-21(17-20)15-18(2)28(24)34(31,32)23-7-5-4-6-8-23/h4-14,17-18H,3,15-16H2,1-2H3,(H,27,30)/t18-/m1/s1. The van der Waals surface area contributed by atoms with E-state index < -0.39 is 10.0 Å². The summed E-state index contributed by atoms with van der Waals surface area (Å²) in [6.07, 6.45) is 0.693. The molecule has 4 rings (SSSR count). The van der Waals surface area contributed by atoms with Gasteiger partial charge in [0, 0.05) is 17.3 Å². The molecular formula is C26H26N2O5S. The van der Waals surface area contributed by atoms with Crippen molar-refractivity contribution in [2.24, 2.45) is 0 Å². The van der Waals surface area contributed by atoms with E-state index in [1.807, 2.05) is 6.92 Å². The van der Waals surface area contributed by atoms with Crippen LogP contribution in [0.3, 0.4) is 0 Å². The van der Waals surface area contributed by atoms with E-state index in [9.17, 15) is 18.0 Å². The van der Waals surface area contributed by atoms with Crippen LogP contribution in [0.1, 0.15) is 35.3 Å². The number of amides is 1. The molecule has 34 heavy (non-hydrogen) atoms. The molecule has 0 aromatic heterocycles. The summed E-state index contributed by atoms with van der Waals surface area (Å²) in [6, 6.07) is 20.2. The van der Waals surface area contributed by atoms with E-state index >= 15 is 0 Å². The van der Waals surface area contributed by atoms with Crippen molar-refractivity contribution < 1.29 is 22.7 Å². The van der Waals surface area contributed by atoms with Crippen LogP contribution in [0.15, 0.2) is 77.7 Å². The lowest BCUT2D eigenvalue weighted by atomic mass is 10.1. The molecular weight excluding hydrogens is 452 g/mol. The van der Waals surface area contributed by atoms with Crippen LogP contribution in [0.2, 0.25) is 0 Å². The zero-order valence-electron chi connectivity index (χ0n) is 19.0. The van der Waals surface area contributed by atoms with Gasteiger partial charge in [0.15, 0.2) is 0 Å². The number of nitrogens with zero attached hydrogens (tertiary/aromatic N) is 1. The number of hydrogen-bond donors (Lipinski definition) is 1. The Bertz CT molecular complexity index is 1300. The highest BCUT2D eigenvalue weighted by Gasteiger charge is 2.36. The third-order valence-electron chi connectivity index (χ3n) is 5.66. The van der Waals surface area contributed by atoms with E-state index in [0.29, 0.717) is 30.0 Å². The lowest BCUT2D eigenvalue weighted by Gasteiger charge is -2.24.